The molecule has 2 aromatic rings. The number of esters is 2. The quantitative estimate of drug-likeness (QED) is 0.589. The number of anilines is 1. The van der Waals surface area contributed by atoms with Crippen LogP contribution in [0.5, 0.6) is 0 Å². The van der Waals surface area contributed by atoms with E-state index in [1.807, 2.05) is 19.1 Å². The van der Waals surface area contributed by atoms with Crippen LogP contribution in [0.2, 0.25) is 0 Å². The SMILES string of the molecule is CC[C@@H](C[C@@H]1CC(C(=O)OC)=C2Nc3ccccc3[C@@]23CCN(Cc2ccccc2)[C@@H]13)C(=O)OC. The highest BCUT2D eigenvalue weighted by atomic mass is 16.5. The van der Waals surface area contributed by atoms with E-state index in [4.69, 9.17) is 9.47 Å². The second-order valence-electron chi connectivity index (χ2n) is 9.97. The molecule has 1 aliphatic carbocycles. The molecule has 0 unspecified atom stereocenters. The fraction of sp³-hybridized carbons (Fsp3) is 0.448. The van der Waals surface area contributed by atoms with Gasteiger partial charge in [0.2, 0.25) is 0 Å². The van der Waals surface area contributed by atoms with Crippen LogP contribution in [0.3, 0.4) is 0 Å². The van der Waals surface area contributed by atoms with Crippen LogP contribution < -0.4 is 5.32 Å². The Morgan fingerprint density at radius 3 is 2.54 bits per heavy atom. The van der Waals surface area contributed by atoms with Gasteiger partial charge in [0.25, 0.3) is 0 Å². The molecule has 0 saturated carbocycles. The Bertz CT molecular complexity index is 1140. The Morgan fingerprint density at radius 1 is 1.09 bits per heavy atom. The summed E-state index contributed by atoms with van der Waals surface area (Å²) in [5.74, 6) is -0.549. The van der Waals surface area contributed by atoms with Gasteiger partial charge in [0, 0.05) is 30.5 Å². The van der Waals surface area contributed by atoms with Gasteiger partial charge in [-0.2, -0.15) is 0 Å². The van der Waals surface area contributed by atoms with Crippen molar-refractivity contribution >= 4 is 17.6 Å². The zero-order chi connectivity index (χ0) is 24.6. The van der Waals surface area contributed by atoms with Crippen molar-refractivity contribution in [2.75, 3.05) is 26.1 Å². The third-order valence-corrected chi connectivity index (χ3v) is 8.29. The molecule has 1 saturated heterocycles. The number of hydrogen-bond donors (Lipinski definition) is 1. The van der Waals surface area contributed by atoms with Crippen molar-refractivity contribution in [2.24, 2.45) is 11.8 Å². The largest absolute Gasteiger partial charge is 0.469 e. The molecule has 3 aliphatic rings. The van der Waals surface area contributed by atoms with E-state index in [0.29, 0.717) is 24.8 Å². The predicted octanol–water partition coefficient (Wildman–Crippen LogP) is 4.66. The van der Waals surface area contributed by atoms with E-state index in [0.717, 1.165) is 30.9 Å². The number of nitrogens with zero attached hydrogens (tertiary/aromatic N) is 1. The van der Waals surface area contributed by atoms with Crippen molar-refractivity contribution in [2.45, 2.75) is 50.6 Å². The Hall–Kier alpha value is -3.12. The first kappa shape index (κ1) is 23.6. The molecule has 6 nitrogen and oxygen atoms in total. The van der Waals surface area contributed by atoms with Gasteiger partial charge in [-0.05, 0) is 48.8 Å². The van der Waals surface area contributed by atoms with Gasteiger partial charge in [-0.25, -0.2) is 4.79 Å². The van der Waals surface area contributed by atoms with Crippen LogP contribution in [0.1, 0.15) is 43.7 Å². The van der Waals surface area contributed by atoms with E-state index >= 15 is 0 Å². The minimum Gasteiger partial charge on any atom is -0.469 e. The lowest BCUT2D eigenvalue weighted by Crippen LogP contribution is -2.52. The summed E-state index contributed by atoms with van der Waals surface area (Å²) in [7, 11) is 2.91. The first-order valence-corrected chi connectivity index (χ1v) is 12.6. The van der Waals surface area contributed by atoms with Crippen molar-refractivity contribution in [3.8, 4) is 0 Å². The van der Waals surface area contributed by atoms with E-state index in [9.17, 15) is 9.59 Å². The van der Waals surface area contributed by atoms with Gasteiger partial charge in [-0.1, -0.05) is 55.5 Å². The Balaban J connectivity index is 1.64. The summed E-state index contributed by atoms with van der Waals surface area (Å²) in [4.78, 5) is 28.3. The summed E-state index contributed by atoms with van der Waals surface area (Å²) in [6, 6.07) is 19.1. The number of nitrogens with one attached hydrogen (secondary N) is 1. The molecule has 2 aromatic carbocycles. The van der Waals surface area contributed by atoms with Gasteiger partial charge < -0.3 is 14.8 Å². The molecule has 1 spiro atoms. The highest BCUT2D eigenvalue weighted by molar-refractivity contribution is 5.93. The van der Waals surface area contributed by atoms with Crippen LogP contribution in [0, 0.1) is 11.8 Å². The fourth-order valence-electron chi connectivity index (χ4n) is 6.85. The normalized spacial score (nSPS) is 25.8. The van der Waals surface area contributed by atoms with E-state index in [1.165, 1.54) is 25.3 Å². The molecule has 1 fully saturated rings. The Kier molecular flexibility index (Phi) is 6.41. The highest BCUT2D eigenvalue weighted by Crippen LogP contribution is 2.60. The molecule has 0 bridgehead atoms. The number of carbonyl (C=O) groups is 2. The average Bonchev–Trinajstić information content (AvgIpc) is 3.44. The van der Waals surface area contributed by atoms with Crippen molar-refractivity contribution in [1.29, 1.82) is 0 Å². The molecule has 0 radical (unpaired) electrons. The van der Waals surface area contributed by atoms with Gasteiger partial charge in [-0.15, -0.1) is 0 Å². The monoisotopic (exact) mass is 474 g/mol. The summed E-state index contributed by atoms with van der Waals surface area (Å²) in [5, 5.41) is 3.63. The predicted molar refractivity (Wildman–Crippen MR) is 135 cm³/mol. The molecule has 1 N–H and O–H groups in total. The molecular formula is C29H34N2O4. The number of fused-ring (bicyclic) bond motifs is 1. The van der Waals surface area contributed by atoms with Crippen molar-refractivity contribution in [1.82, 2.24) is 4.90 Å². The standard InChI is InChI=1S/C29H34N2O4/c1-4-20(27(32)34-2)16-21-17-22(28(33)35-3)25-29(23-12-8-9-13-24(23)30-25)14-15-31(26(21)29)18-19-10-6-5-7-11-19/h5-13,20-21,26,30H,4,14-18H2,1-3H3/t20-,21+,26-,29-/m0/s1. The Morgan fingerprint density at radius 2 is 1.83 bits per heavy atom. The summed E-state index contributed by atoms with van der Waals surface area (Å²) in [5.41, 5.74) is 4.96. The van der Waals surface area contributed by atoms with Gasteiger partial charge in [-0.3, -0.25) is 9.69 Å². The van der Waals surface area contributed by atoms with Crippen LogP contribution in [-0.4, -0.2) is 43.6 Å². The maximum Gasteiger partial charge on any atom is 0.335 e. The maximum absolute atomic E-state index is 13.1. The number of likely N-dealkylation sites (tertiary alicyclic amines) is 1. The average molecular weight is 475 g/mol. The number of hydrogen-bond acceptors (Lipinski definition) is 6. The summed E-state index contributed by atoms with van der Waals surface area (Å²) in [6.45, 7) is 3.78. The molecule has 35 heavy (non-hydrogen) atoms. The molecule has 4 atom stereocenters. The van der Waals surface area contributed by atoms with Gasteiger partial charge in [0.15, 0.2) is 0 Å². The van der Waals surface area contributed by atoms with Crippen LogP contribution in [0.15, 0.2) is 65.9 Å². The van der Waals surface area contributed by atoms with E-state index in [1.54, 1.807) is 0 Å². The molecule has 0 aromatic heterocycles. The Labute approximate surface area is 207 Å². The van der Waals surface area contributed by atoms with Gasteiger partial charge in [0.05, 0.1) is 31.1 Å². The minimum atomic E-state index is -0.327. The smallest absolute Gasteiger partial charge is 0.335 e. The van der Waals surface area contributed by atoms with Crippen LogP contribution in [-0.2, 0) is 31.0 Å². The van der Waals surface area contributed by atoms with Crippen molar-refractivity contribution in [3.63, 3.8) is 0 Å². The summed E-state index contributed by atoms with van der Waals surface area (Å²) >= 11 is 0. The number of ether oxygens (including phenoxy) is 2. The number of methoxy groups -OCH3 is 2. The van der Waals surface area contributed by atoms with Crippen molar-refractivity contribution < 1.29 is 19.1 Å². The molecule has 2 heterocycles. The second-order valence-corrected chi connectivity index (χ2v) is 9.97. The molecule has 5 rings (SSSR count). The summed E-state index contributed by atoms with van der Waals surface area (Å²) in [6.07, 6.45) is 2.88. The first-order valence-electron chi connectivity index (χ1n) is 12.6. The third kappa shape index (κ3) is 3.84. The minimum absolute atomic E-state index is 0.107. The zero-order valence-corrected chi connectivity index (χ0v) is 20.8. The lowest BCUT2D eigenvalue weighted by atomic mass is 9.61. The van der Waals surface area contributed by atoms with E-state index < -0.39 is 0 Å². The van der Waals surface area contributed by atoms with Crippen LogP contribution in [0.25, 0.3) is 0 Å². The lowest BCUT2D eigenvalue weighted by molar-refractivity contribution is -0.146. The molecule has 184 valence electrons. The maximum atomic E-state index is 13.1. The topological polar surface area (TPSA) is 67.9 Å². The number of rotatable bonds is 7. The van der Waals surface area contributed by atoms with E-state index in [2.05, 4.69) is 52.7 Å². The van der Waals surface area contributed by atoms with Gasteiger partial charge in [0.1, 0.15) is 0 Å². The van der Waals surface area contributed by atoms with Crippen LogP contribution in [0.4, 0.5) is 5.69 Å². The molecule has 6 heteroatoms. The highest BCUT2D eigenvalue weighted by Gasteiger charge is 2.61. The van der Waals surface area contributed by atoms with Crippen LogP contribution >= 0.6 is 0 Å². The number of benzene rings is 2. The summed E-state index contributed by atoms with van der Waals surface area (Å²) < 4.78 is 10.4. The molecular weight excluding hydrogens is 440 g/mol. The fourth-order valence-corrected chi connectivity index (χ4v) is 6.85. The third-order valence-electron chi connectivity index (χ3n) is 8.29. The second kappa shape index (κ2) is 9.50. The number of carbonyl (C=O) groups excluding carboxylic acids is 2. The molecule has 2 aliphatic heterocycles. The lowest BCUT2D eigenvalue weighted by Gasteiger charge is -2.46. The molecule has 0 amide bonds. The van der Waals surface area contributed by atoms with E-state index in [-0.39, 0.29) is 35.2 Å². The zero-order valence-electron chi connectivity index (χ0n) is 20.8. The van der Waals surface area contributed by atoms with Gasteiger partial charge >= 0.3 is 11.9 Å². The number of para-hydroxylation sites is 1. The first-order chi connectivity index (χ1) is 17.0. The van der Waals surface area contributed by atoms with Crippen molar-refractivity contribution in [3.05, 3.63) is 77.0 Å².